The van der Waals surface area contributed by atoms with Gasteiger partial charge in [0.25, 0.3) is 0 Å². The fourth-order valence-electron chi connectivity index (χ4n) is 7.01. The second-order valence-electron chi connectivity index (χ2n) is 12.8. The number of hydrogen-bond acceptors (Lipinski definition) is 4. The minimum Gasteiger partial charge on any atom is -0.284 e. The molecule has 0 bridgehead atoms. The zero-order valence-electron chi connectivity index (χ0n) is 28.4. The fourth-order valence-corrected chi connectivity index (χ4v) is 7.01. The molecule has 5 heteroatoms. The van der Waals surface area contributed by atoms with Crippen LogP contribution >= 0.6 is 0 Å². The molecule has 0 saturated carbocycles. The minimum absolute atomic E-state index is 0.506. The lowest BCUT2D eigenvalue weighted by Gasteiger charge is -2.12. The molecule has 0 N–H and O–H groups in total. The Labute approximate surface area is 302 Å². The maximum absolute atomic E-state index is 5.24. The highest BCUT2D eigenvalue weighted by atomic mass is 15.1. The van der Waals surface area contributed by atoms with E-state index in [-0.39, 0.29) is 0 Å². The molecule has 5 nitrogen and oxygen atoms in total. The summed E-state index contributed by atoms with van der Waals surface area (Å²) in [4.78, 5) is 19.7. The first-order valence-electron chi connectivity index (χ1n) is 17.4. The molecule has 0 amide bonds. The molecule has 0 unspecified atom stereocenters. The molecule has 0 aliphatic rings. The molecule has 0 atom stereocenters. The van der Waals surface area contributed by atoms with Crippen molar-refractivity contribution in [3.05, 3.63) is 193 Å². The lowest BCUT2D eigenvalue weighted by molar-refractivity contribution is 1.07. The van der Waals surface area contributed by atoms with Gasteiger partial charge in [0.05, 0.1) is 23.6 Å². The number of nitrogens with zero attached hydrogens (tertiary/aromatic N) is 5. The Morgan fingerprint density at radius 3 is 2.08 bits per heavy atom. The van der Waals surface area contributed by atoms with Crippen molar-refractivity contribution in [1.29, 1.82) is 0 Å². The number of benzene rings is 6. The van der Waals surface area contributed by atoms with E-state index in [2.05, 4.69) is 144 Å². The predicted octanol–water partition coefficient (Wildman–Crippen LogP) is 11.4. The number of aliphatic imine (C=N–C) groups is 2. The van der Waals surface area contributed by atoms with Crippen molar-refractivity contribution in [1.82, 2.24) is 14.4 Å². The monoisotopic (exact) mass is 667 g/mol. The van der Waals surface area contributed by atoms with E-state index in [1.165, 1.54) is 5.56 Å². The zero-order chi connectivity index (χ0) is 34.9. The molecule has 9 rings (SSSR count). The Bertz CT molecular complexity index is 2780. The van der Waals surface area contributed by atoms with Crippen molar-refractivity contribution < 1.29 is 0 Å². The molecule has 3 aromatic heterocycles. The fraction of sp³-hybridized carbons (Fsp3) is 0.0213. The molecule has 0 saturated heterocycles. The van der Waals surface area contributed by atoms with Crippen LogP contribution in [0.15, 0.2) is 186 Å². The van der Waals surface area contributed by atoms with Gasteiger partial charge in [-0.2, -0.15) is 0 Å². The molecule has 0 radical (unpaired) electrons. The molecule has 0 aliphatic heterocycles. The highest BCUT2D eigenvalue weighted by Gasteiger charge is 2.16. The van der Waals surface area contributed by atoms with Crippen LogP contribution in [0.4, 0.5) is 5.69 Å². The first-order valence-corrected chi connectivity index (χ1v) is 17.4. The number of hydrogen-bond donors (Lipinski definition) is 0. The predicted molar refractivity (Wildman–Crippen MR) is 216 cm³/mol. The third kappa shape index (κ3) is 5.74. The van der Waals surface area contributed by atoms with Crippen molar-refractivity contribution in [2.24, 2.45) is 9.98 Å². The van der Waals surface area contributed by atoms with E-state index in [9.17, 15) is 0 Å². The number of para-hydroxylation sites is 1. The van der Waals surface area contributed by atoms with Crippen LogP contribution in [0.2, 0.25) is 0 Å². The molecule has 9 aromatic rings. The lowest BCUT2D eigenvalue weighted by Crippen LogP contribution is -2.05. The Kier molecular flexibility index (Phi) is 7.99. The topological polar surface area (TPSA) is 54.9 Å². The Hall–Kier alpha value is -6.98. The first kappa shape index (κ1) is 31.0. The number of fused-ring (bicyclic) bond motifs is 5. The van der Waals surface area contributed by atoms with E-state index in [1.807, 2.05) is 48.7 Å². The van der Waals surface area contributed by atoms with Gasteiger partial charge in [0.1, 0.15) is 11.2 Å². The van der Waals surface area contributed by atoms with Gasteiger partial charge in [-0.05, 0) is 64.9 Å². The van der Waals surface area contributed by atoms with Gasteiger partial charge in [-0.1, -0.05) is 140 Å². The van der Waals surface area contributed by atoms with Crippen LogP contribution in [0.3, 0.4) is 0 Å². The van der Waals surface area contributed by atoms with Crippen molar-refractivity contribution in [2.75, 3.05) is 0 Å². The van der Waals surface area contributed by atoms with E-state index < -0.39 is 0 Å². The van der Waals surface area contributed by atoms with E-state index in [0.717, 1.165) is 83.6 Å². The molecule has 52 heavy (non-hydrogen) atoms. The Morgan fingerprint density at radius 2 is 1.23 bits per heavy atom. The third-order valence-corrected chi connectivity index (χ3v) is 9.57. The van der Waals surface area contributed by atoms with E-state index >= 15 is 0 Å². The summed E-state index contributed by atoms with van der Waals surface area (Å²) < 4.78 is 2.06. The maximum Gasteiger partial charge on any atom is 0.165 e. The Balaban J connectivity index is 1.08. The molecular weight excluding hydrogens is 635 g/mol. The largest absolute Gasteiger partial charge is 0.284 e. The van der Waals surface area contributed by atoms with Gasteiger partial charge >= 0.3 is 0 Å². The standard InChI is InChI=1S/C47H33N5/c1-48-42-22-8-7-21-41(42)44(35-26-24-34(25-27-35)33-14-3-2-4-15-33)49-31-32-13-11-16-36(29-32)37-17-12-18-38(30-37)45-39-19-5-6-20-40(39)46-47(51-45)52-28-10-9-23-43(52)50-46/h2-30H,1,31H2/b49-44-. The molecule has 0 aliphatic carbocycles. The quantitative estimate of drug-likeness (QED) is 0.151. The van der Waals surface area contributed by atoms with Gasteiger partial charge in [-0.3, -0.25) is 14.4 Å². The lowest BCUT2D eigenvalue weighted by atomic mass is 9.97. The van der Waals surface area contributed by atoms with Gasteiger partial charge in [-0.15, -0.1) is 0 Å². The van der Waals surface area contributed by atoms with Crippen molar-refractivity contribution in [3.63, 3.8) is 0 Å². The van der Waals surface area contributed by atoms with Crippen molar-refractivity contribution in [2.45, 2.75) is 6.54 Å². The SMILES string of the molecule is C=Nc1ccccc1/C(=N\Cc1cccc(-c2cccc(-c3nc4c(nc5ccccn54)c4ccccc34)c2)c1)c1ccc(-c2ccccc2)cc1. The second kappa shape index (κ2) is 13.4. The molecular formula is C47H33N5. The first-order chi connectivity index (χ1) is 25.7. The van der Waals surface area contributed by atoms with Crippen LogP contribution in [-0.2, 0) is 6.54 Å². The summed E-state index contributed by atoms with van der Waals surface area (Å²) in [6.45, 7) is 4.35. The van der Waals surface area contributed by atoms with Gasteiger partial charge in [0.15, 0.2) is 5.65 Å². The second-order valence-corrected chi connectivity index (χ2v) is 12.8. The highest BCUT2D eigenvalue weighted by molar-refractivity contribution is 6.16. The summed E-state index contributed by atoms with van der Waals surface area (Å²) in [5.74, 6) is 0. The number of imidazole rings is 1. The molecule has 0 spiro atoms. The van der Waals surface area contributed by atoms with Crippen LogP contribution in [0.5, 0.6) is 0 Å². The molecule has 3 heterocycles. The van der Waals surface area contributed by atoms with Crippen LogP contribution in [0, 0.1) is 0 Å². The van der Waals surface area contributed by atoms with E-state index in [4.69, 9.17) is 15.0 Å². The maximum atomic E-state index is 5.24. The van der Waals surface area contributed by atoms with Crippen LogP contribution < -0.4 is 0 Å². The average Bonchev–Trinajstić information content (AvgIpc) is 3.60. The number of pyridine rings is 2. The van der Waals surface area contributed by atoms with Crippen molar-refractivity contribution in [3.8, 4) is 33.5 Å². The summed E-state index contributed by atoms with van der Waals surface area (Å²) in [6, 6.07) is 58.8. The smallest absolute Gasteiger partial charge is 0.165 e. The molecule has 6 aromatic carbocycles. The van der Waals surface area contributed by atoms with Crippen LogP contribution in [0.25, 0.3) is 61.1 Å². The summed E-state index contributed by atoms with van der Waals surface area (Å²) in [5.41, 5.74) is 14.0. The summed E-state index contributed by atoms with van der Waals surface area (Å²) in [5, 5.41) is 2.17. The summed E-state index contributed by atoms with van der Waals surface area (Å²) in [7, 11) is 0. The number of aromatic nitrogens is 3. The average molecular weight is 668 g/mol. The van der Waals surface area contributed by atoms with Gasteiger partial charge in [-0.25, -0.2) is 9.97 Å². The van der Waals surface area contributed by atoms with E-state index in [0.29, 0.717) is 6.54 Å². The van der Waals surface area contributed by atoms with Gasteiger partial charge < -0.3 is 0 Å². The third-order valence-electron chi connectivity index (χ3n) is 9.57. The Morgan fingerprint density at radius 1 is 0.558 bits per heavy atom. The molecule has 246 valence electrons. The van der Waals surface area contributed by atoms with Crippen LogP contribution in [-0.4, -0.2) is 26.8 Å². The van der Waals surface area contributed by atoms with Gasteiger partial charge in [0.2, 0.25) is 0 Å². The van der Waals surface area contributed by atoms with Crippen LogP contribution in [0.1, 0.15) is 16.7 Å². The minimum atomic E-state index is 0.506. The summed E-state index contributed by atoms with van der Waals surface area (Å²) >= 11 is 0. The highest BCUT2D eigenvalue weighted by Crippen LogP contribution is 2.35. The van der Waals surface area contributed by atoms with Gasteiger partial charge in [0, 0.05) is 33.7 Å². The number of rotatable bonds is 8. The molecule has 0 fully saturated rings. The van der Waals surface area contributed by atoms with Crippen molar-refractivity contribution >= 4 is 45.7 Å². The normalized spacial score (nSPS) is 11.7. The van der Waals surface area contributed by atoms with E-state index in [1.54, 1.807) is 0 Å². The zero-order valence-corrected chi connectivity index (χ0v) is 28.4. The summed E-state index contributed by atoms with van der Waals surface area (Å²) in [6.07, 6.45) is 2.03.